The molecule has 2 aliphatic rings. The first kappa shape index (κ1) is 49.1. The number of likely N-dealkylation sites (N-methyl/N-ethyl adjacent to an activating group) is 1. The first-order valence-corrected chi connectivity index (χ1v) is 20.1. The van der Waals surface area contributed by atoms with E-state index in [4.69, 9.17) is 9.57 Å². The number of aliphatic hydroxyl groups excluding tert-OH is 2. The highest BCUT2D eigenvalue weighted by Crippen LogP contribution is 2.24. The highest BCUT2D eigenvalue weighted by Gasteiger charge is 2.38. The molecule has 0 spiro atoms. The molecule has 16 nitrogen and oxygen atoms in total. The second-order valence-electron chi connectivity index (χ2n) is 15.6. The van der Waals surface area contributed by atoms with Gasteiger partial charge in [-0.25, -0.2) is 14.9 Å². The summed E-state index contributed by atoms with van der Waals surface area (Å²) in [5.74, 6) is -7.48. The van der Waals surface area contributed by atoms with Crippen LogP contribution in [-0.2, 0) is 44.8 Å². The molecule has 2 aliphatic heterocycles. The van der Waals surface area contributed by atoms with Crippen LogP contribution in [0.4, 0.5) is 4.39 Å². The van der Waals surface area contributed by atoms with Crippen LogP contribution in [0.3, 0.4) is 0 Å². The molecule has 2 heterocycles. The summed E-state index contributed by atoms with van der Waals surface area (Å²) >= 11 is 0. The predicted molar refractivity (Wildman–Crippen MR) is 218 cm³/mol. The number of cyclic esters (lactones) is 1. The summed E-state index contributed by atoms with van der Waals surface area (Å²) in [5, 5.41) is 40.2. The molecule has 1 aromatic rings. The zero-order chi connectivity index (χ0) is 44.7. The highest BCUT2D eigenvalue weighted by atomic mass is 19.1. The number of fused-ring (bicyclic) bond motifs is 2. The number of hydrazine groups is 1. The lowest BCUT2D eigenvalue weighted by Crippen LogP contribution is -2.62. The third-order valence-electron chi connectivity index (χ3n) is 10.5. The monoisotopic (exact) mass is 841 g/mol. The van der Waals surface area contributed by atoms with Crippen LogP contribution >= 0.6 is 0 Å². The fraction of sp³-hybridized carbons (Fsp3) is 0.535. The Morgan fingerprint density at radius 1 is 1.08 bits per heavy atom. The van der Waals surface area contributed by atoms with Crippen LogP contribution in [0.1, 0.15) is 72.3 Å². The van der Waals surface area contributed by atoms with E-state index >= 15 is 0 Å². The molecule has 6 N–H and O–H groups in total. The van der Waals surface area contributed by atoms with Crippen LogP contribution in [0, 0.1) is 23.6 Å². The Morgan fingerprint density at radius 2 is 1.80 bits per heavy atom. The molecule has 60 heavy (non-hydrogen) atoms. The Kier molecular flexibility index (Phi) is 19.3. The number of amides is 4. The molecule has 4 amide bonds. The van der Waals surface area contributed by atoms with Crippen molar-refractivity contribution < 1.29 is 58.1 Å². The number of carbonyl (C=O) groups is 6. The Bertz CT molecular complexity index is 1790. The number of hydrogen-bond acceptors (Lipinski definition) is 12. The molecule has 0 aromatic heterocycles. The second-order valence-corrected chi connectivity index (χ2v) is 15.6. The number of ketones is 1. The third-order valence-corrected chi connectivity index (χ3v) is 10.5. The number of esters is 1. The van der Waals surface area contributed by atoms with Crippen molar-refractivity contribution in [2.45, 2.75) is 110 Å². The van der Waals surface area contributed by atoms with E-state index in [1.807, 2.05) is 0 Å². The average Bonchev–Trinajstić information content (AvgIpc) is 3.19. The highest BCUT2D eigenvalue weighted by molar-refractivity contribution is 5.93. The fourth-order valence-corrected chi connectivity index (χ4v) is 6.70. The number of ether oxygens (including phenoxy) is 1. The topological polar surface area (TPSA) is 224 Å². The van der Waals surface area contributed by atoms with E-state index in [9.17, 15) is 48.5 Å². The van der Waals surface area contributed by atoms with Gasteiger partial charge in [-0.1, -0.05) is 57.2 Å². The second kappa shape index (κ2) is 23.5. The molecular formula is C43H60FN5O11. The number of phenolic OH excluding ortho intramolecular Hbond substituents is 1. The summed E-state index contributed by atoms with van der Waals surface area (Å²) in [7, 11) is 2.79. The summed E-state index contributed by atoms with van der Waals surface area (Å²) in [6.07, 6.45) is 7.41. The number of aliphatic hydroxyl groups is 2. The molecule has 8 atom stereocenters. The molecule has 8 unspecified atom stereocenters. The van der Waals surface area contributed by atoms with Gasteiger partial charge in [0, 0.05) is 50.9 Å². The largest absolute Gasteiger partial charge is 0.508 e. The smallest absolute Gasteiger partial charge is 0.325 e. The van der Waals surface area contributed by atoms with E-state index in [0.717, 1.165) is 17.2 Å². The van der Waals surface area contributed by atoms with Crippen molar-refractivity contribution >= 4 is 35.4 Å². The number of hydroxylamine groups is 2. The molecule has 1 aromatic carbocycles. The van der Waals surface area contributed by atoms with Crippen molar-refractivity contribution in [2.24, 2.45) is 17.8 Å². The molecule has 1 saturated heterocycles. The van der Waals surface area contributed by atoms with Gasteiger partial charge < -0.3 is 35.5 Å². The van der Waals surface area contributed by atoms with Gasteiger partial charge in [0.1, 0.15) is 41.6 Å². The zero-order valence-corrected chi connectivity index (χ0v) is 35.3. The van der Waals surface area contributed by atoms with Gasteiger partial charge in [-0.2, -0.15) is 0 Å². The lowest BCUT2D eigenvalue weighted by Gasteiger charge is -2.36. The van der Waals surface area contributed by atoms with Gasteiger partial charge in [-0.15, -0.1) is 0 Å². The molecule has 3 rings (SSSR count). The number of Topliss-reactive ketones (excluding diaryl/α,β-unsaturated/α-hetero) is 1. The van der Waals surface area contributed by atoms with Crippen molar-refractivity contribution in [1.82, 2.24) is 26.1 Å². The number of carbonyl (C=O) groups excluding carboxylic acids is 6. The molecule has 0 saturated carbocycles. The SMILES string of the molecule is CON(C)C(=O)C=CC=C(C)C1CC=CC=CC(O)C(C)C(O)C(CCC(C)=O)C(=O)NC(C(C)C)C(=O)NC(Cc2cc(O)cc(F)c2)C(=O)N2CCCC(N2)C(=O)O1. The maximum absolute atomic E-state index is 14.4. The zero-order valence-electron chi connectivity index (χ0n) is 35.3. The lowest BCUT2D eigenvalue weighted by atomic mass is 9.84. The first-order valence-electron chi connectivity index (χ1n) is 20.1. The minimum atomic E-state index is -1.46. The summed E-state index contributed by atoms with van der Waals surface area (Å²) < 4.78 is 20.4. The molecule has 17 heteroatoms. The van der Waals surface area contributed by atoms with Gasteiger partial charge in [0.05, 0.1) is 25.2 Å². The van der Waals surface area contributed by atoms with E-state index < -0.39 is 95.4 Å². The fourth-order valence-electron chi connectivity index (χ4n) is 6.70. The van der Waals surface area contributed by atoms with Crippen LogP contribution in [0.15, 0.2) is 66.3 Å². The minimum absolute atomic E-state index is 0.0636. The van der Waals surface area contributed by atoms with Gasteiger partial charge in [0.2, 0.25) is 11.8 Å². The van der Waals surface area contributed by atoms with Gasteiger partial charge in [-0.05, 0) is 62.3 Å². The number of aromatic hydroxyl groups is 1. The Morgan fingerprint density at radius 3 is 2.45 bits per heavy atom. The summed E-state index contributed by atoms with van der Waals surface area (Å²) in [6.45, 7) is 8.02. The number of allylic oxidation sites excluding steroid dienone is 4. The van der Waals surface area contributed by atoms with Crippen molar-refractivity contribution in [3.05, 3.63) is 77.7 Å². The van der Waals surface area contributed by atoms with Crippen LogP contribution in [-0.4, -0.2) is 118 Å². The number of nitrogens with zero attached hydrogens (tertiary/aromatic N) is 2. The maximum atomic E-state index is 14.4. The molecule has 0 aliphatic carbocycles. The van der Waals surface area contributed by atoms with Crippen LogP contribution in [0.2, 0.25) is 0 Å². The van der Waals surface area contributed by atoms with Crippen LogP contribution in [0.5, 0.6) is 5.75 Å². The van der Waals surface area contributed by atoms with Crippen molar-refractivity contribution in [2.75, 3.05) is 20.7 Å². The van der Waals surface area contributed by atoms with E-state index in [1.54, 1.807) is 39.0 Å². The molecule has 0 radical (unpaired) electrons. The van der Waals surface area contributed by atoms with Crippen LogP contribution in [0.25, 0.3) is 0 Å². The number of rotatable bonds is 10. The first-order chi connectivity index (χ1) is 28.3. The van der Waals surface area contributed by atoms with Crippen molar-refractivity contribution in [1.29, 1.82) is 0 Å². The van der Waals surface area contributed by atoms with E-state index in [0.29, 0.717) is 12.0 Å². The molecule has 1 fully saturated rings. The number of halogens is 1. The molecule has 330 valence electrons. The number of phenols is 1. The normalized spacial score (nSPS) is 26.9. The minimum Gasteiger partial charge on any atom is -0.508 e. The number of nitrogens with one attached hydrogen (secondary N) is 3. The number of hydrogen-bond donors (Lipinski definition) is 6. The predicted octanol–water partition coefficient (Wildman–Crippen LogP) is 2.49. The van der Waals surface area contributed by atoms with Gasteiger partial charge in [0.15, 0.2) is 0 Å². The maximum Gasteiger partial charge on any atom is 0.325 e. The van der Waals surface area contributed by atoms with Crippen molar-refractivity contribution in [3.8, 4) is 5.75 Å². The van der Waals surface area contributed by atoms with Gasteiger partial charge >= 0.3 is 5.97 Å². The summed E-state index contributed by atoms with van der Waals surface area (Å²) in [6, 6.07) is -0.427. The summed E-state index contributed by atoms with van der Waals surface area (Å²) in [5.41, 5.74) is 3.65. The lowest BCUT2D eigenvalue weighted by molar-refractivity contribution is -0.162. The Hall–Kier alpha value is -5.23. The standard InChI is InChI=1S/C43H60FN5O11/c1-25(2)38-41(56)45-34(23-29-21-30(44)24-31(51)22-29)42(57)49-20-12-14-33(47-49)43(58)60-36(26(3)13-11-17-37(53)48(6)59-7)16-10-8-9-15-35(52)28(5)39(54)32(40(55)46-38)19-18-27(4)50/h8-11,13,15,17,21-22,24-25,28,32-36,38-39,47,51-52,54H,12,14,16,18-20,23H2,1-7H3,(H,45,56)(H,46,55). The van der Waals surface area contributed by atoms with E-state index in [-0.39, 0.29) is 50.0 Å². The van der Waals surface area contributed by atoms with Gasteiger partial charge in [0.25, 0.3) is 11.8 Å². The van der Waals surface area contributed by atoms with E-state index in [2.05, 4.69) is 16.1 Å². The van der Waals surface area contributed by atoms with E-state index in [1.165, 1.54) is 63.4 Å². The average molecular weight is 842 g/mol. The number of benzene rings is 1. The molecule has 2 bridgehead atoms. The summed E-state index contributed by atoms with van der Waals surface area (Å²) in [4.78, 5) is 85.1. The van der Waals surface area contributed by atoms with Gasteiger partial charge in [-0.3, -0.25) is 33.8 Å². The molecular weight excluding hydrogens is 781 g/mol. The Balaban J connectivity index is 2.09. The van der Waals surface area contributed by atoms with Crippen molar-refractivity contribution in [3.63, 3.8) is 0 Å². The van der Waals surface area contributed by atoms with Crippen LogP contribution < -0.4 is 16.1 Å². The third kappa shape index (κ3) is 14.8. The Labute approximate surface area is 350 Å². The quantitative estimate of drug-likeness (QED) is 0.0866.